The first-order valence-corrected chi connectivity index (χ1v) is 10.9. The van der Waals surface area contributed by atoms with Crippen molar-refractivity contribution >= 4 is 29.4 Å². The van der Waals surface area contributed by atoms with Crippen molar-refractivity contribution in [1.29, 1.82) is 0 Å². The van der Waals surface area contributed by atoms with Gasteiger partial charge in [-0.2, -0.15) is 0 Å². The zero-order valence-corrected chi connectivity index (χ0v) is 18.9. The summed E-state index contributed by atoms with van der Waals surface area (Å²) in [5, 5.41) is 2.73. The molecule has 3 aromatic rings. The lowest BCUT2D eigenvalue weighted by Gasteiger charge is -2.24. The lowest BCUT2D eigenvalue weighted by atomic mass is 10.0. The van der Waals surface area contributed by atoms with Crippen LogP contribution in [0.2, 0.25) is 0 Å². The van der Waals surface area contributed by atoms with Crippen LogP contribution in [-0.4, -0.2) is 41.2 Å². The van der Waals surface area contributed by atoms with Gasteiger partial charge in [-0.1, -0.05) is 54.6 Å². The van der Waals surface area contributed by atoms with Gasteiger partial charge in [-0.3, -0.25) is 19.3 Å². The Bertz CT molecular complexity index is 1230. The van der Waals surface area contributed by atoms with Crippen LogP contribution in [0, 0.1) is 13.8 Å². The van der Waals surface area contributed by atoms with Gasteiger partial charge in [0.25, 0.3) is 17.7 Å². The summed E-state index contributed by atoms with van der Waals surface area (Å²) in [6.45, 7) is 3.23. The van der Waals surface area contributed by atoms with E-state index in [9.17, 15) is 19.2 Å². The molecule has 0 bridgehead atoms. The fourth-order valence-electron chi connectivity index (χ4n) is 3.90. The van der Waals surface area contributed by atoms with E-state index >= 15 is 0 Å². The Morgan fingerprint density at radius 3 is 2.15 bits per heavy atom. The van der Waals surface area contributed by atoms with Gasteiger partial charge in [0, 0.05) is 12.1 Å². The van der Waals surface area contributed by atoms with Crippen molar-refractivity contribution < 1.29 is 23.9 Å². The Labute approximate surface area is 197 Å². The normalized spacial score (nSPS) is 13.4. The van der Waals surface area contributed by atoms with Gasteiger partial charge in [0.05, 0.1) is 11.1 Å². The molecule has 1 atom stereocenters. The summed E-state index contributed by atoms with van der Waals surface area (Å²) >= 11 is 0. The maximum Gasteiger partial charge on any atom is 0.330 e. The quantitative estimate of drug-likeness (QED) is 0.432. The molecule has 3 amide bonds. The van der Waals surface area contributed by atoms with Gasteiger partial charge in [0.1, 0.15) is 6.04 Å². The number of rotatable bonds is 7. The van der Waals surface area contributed by atoms with E-state index in [1.54, 1.807) is 48.5 Å². The number of ether oxygens (including phenoxy) is 1. The van der Waals surface area contributed by atoms with E-state index in [-0.39, 0.29) is 17.5 Å². The fourth-order valence-corrected chi connectivity index (χ4v) is 3.90. The maximum atomic E-state index is 13.1. The molecule has 0 saturated carbocycles. The van der Waals surface area contributed by atoms with Crippen LogP contribution in [0.4, 0.5) is 5.69 Å². The molecule has 0 unspecified atom stereocenters. The number of esters is 1. The Kier molecular flexibility index (Phi) is 6.54. The van der Waals surface area contributed by atoms with Crippen molar-refractivity contribution in [3.63, 3.8) is 0 Å². The molecule has 0 fully saturated rings. The summed E-state index contributed by atoms with van der Waals surface area (Å²) < 4.78 is 5.29. The Hall–Kier alpha value is -4.26. The Balaban J connectivity index is 1.52. The van der Waals surface area contributed by atoms with Gasteiger partial charge in [0.2, 0.25) is 0 Å². The maximum absolute atomic E-state index is 13.1. The number of anilines is 1. The van der Waals surface area contributed by atoms with E-state index in [1.807, 2.05) is 38.1 Å². The zero-order chi connectivity index (χ0) is 24.2. The number of carbonyl (C=O) groups is 4. The molecular formula is C27H24N2O5. The molecule has 1 N–H and O–H groups in total. The van der Waals surface area contributed by atoms with Crippen LogP contribution >= 0.6 is 0 Å². The van der Waals surface area contributed by atoms with Crippen molar-refractivity contribution in [1.82, 2.24) is 4.90 Å². The summed E-state index contributed by atoms with van der Waals surface area (Å²) in [4.78, 5) is 52.5. The van der Waals surface area contributed by atoms with Crippen LogP contribution in [0.3, 0.4) is 0 Å². The summed E-state index contributed by atoms with van der Waals surface area (Å²) in [6.07, 6.45) is 0.0732. The SMILES string of the molecule is Cc1ccc(C)c(NC(=O)COC(=O)[C@@H](Cc2ccccc2)N2C(=O)c3ccccc3C2=O)c1. The lowest BCUT2D eigenvalue weighted by molar-refractivity contribution is -0.151. The highest BCUT2D eigenvalue weighted by molar-refractivity contribution is 6.22. The van der Waals surface area contributed by atoms with Gasteiger partial charge < -0.3 is 10.1 Å². The van der Waals surface area contributed by atoms with Crippen molar-refractivity contribution in [2.45, 2.75) is 26.3 Å². The number of fused-ring (bicyclic) bond motifs is 1. The predicted octanol–water partition coefficient (Wildman–Crippen LogP) is 3.69. The molecule has 0 radical (unpaired) electrons. The number of imide groups is 1. The molecule has 7 heteroatoms. The predicted molar refractivity (Wildman–Crippen MR) is 126 cm³/mol. The van der Waals surface area contributed by atoms with Gasteiger partial charge in [-0.15, -0.1) is 0 Å². The first-order chi connectivity index (χ1) is 16.3. The molecule has 1 aliphatic rings. The van der Waals surface area contributed by atoms with E-state index in [0.717, 1.165) is 21.6 Å². The minimum Gasteiger partial charge on any atom is -0.454 e. The number of nitrogens with zero attached hydrogens (tertiary/aromatic N) is 1. The van der Waals surface area contributed by atoms with Crippen LogP contribution < -0.4 is 5.32 Å². The molecule has 0 saturated heterocycles. The molecule has 1 heterocycles. The smallest absolute Gasteiger partial charge is 0.330 e. The van der Waals surface area contributed by atoms with E-state index in [4.69, 9.17) is 4.74 Å². The van der Waals surface area contributed by atoms with Crippen molar-refractivity contribution in [3.05, 3.63) is 101 Å². The summed E-state index contributed by atoms with van der Waals surface area (Å²) in [5.41, 5.74) is 3.71. The molecule has 7 nitrogen and oxygen atoms in total. The number of benzene rings is 3. The van der Waals surface area contributed by atoms with E-state index in [0.29, 0.717) is 5.69 Å². The van der Waals surface area contributed by atoms with Crippen LogP contribution in [-0.2, 0) is 20.7 Å². The van der Waals surface area contributed by atoms with E-state index in [1.165, 1.54) is 0 Å². The first kappa shape index (κ1) is 22.9. The van der Waals surface area contributed by atoms with Crippen LogP contribution in [0.1, 0.15) is 37.4 Å². The Morgan fingerprint density at radius 2 is 1.50 bits per heavy atom. The number of carbonyl (C=O) groups excluding carboxylic acids is 4. The van der Waals surface area contributed by atoms with Gasteiger partial charge in [-0.05, 0) is 48.7 Å². The minimum absolute atomic E-state index is 0.0732. The van der Waals surface area contributed by atoms with Crippen LogP contribution in [0.15, 0.2) is 72.8 Å². The highest BCUT2D eigenvalue weighted by Crippen LogP contribution is 2.26. The van der Waals surface area contributed by atoms with Crippen molar-refractivity contribution in [2.24, 2.45) is 0 Å². The third-order valence-corrected chi connectivity index (χ3v) is 5.69. The molecule has 3 aromatic carbocycles. The standard InChI is InChI=1S/C27H24N2O5/c1-17-12-13-18(2)22(14-17)28-24(30)16-34-27(33)23(15-19-8-4-3-5-9-19)29-25(31)20-10-6-7-11-21(20)26(29)32/h3-14,23H,15-16H2,1-2H3,(H,28,30)/t23-/m1/s1. The third kappa shape index (κ3) is 4.73. The van der Waals surface area contributed by atoms with Gasteiger partial charge in [-0.25, -0.2) is 4.79 Å². The van der Waals surface area contributed by atoms with Crippen LogP contribution in [0.5, 0.6) is 0 Å². The van der Waals surface area contributed by atoms with E-state index in [2.05, 4.69) is 5.32 Å². The molecule has 0 aromatic heterocycles. The highest BCUT2D eigenvalue weighted by Gasteiger charge is 2.43. The molecular weight excluding hydrogens is 432 g/mol. The molecule has 1 aliphatic heterocycles. The molecule has 0 spiro atoms. The second-order valence-electron chi connectivity index (χ2n) is 8.21. The third-order valence-electron chi connectivity index (χ3n) is 5.69. The molecule has 172 valence electrons. The lowest BCUT2D eigenvalue weighted by Crippen LogP contribution is -2.47. The first-order valence-electron chi connectivity index (χ1n) is 10.9. The minimum atomic E-state index is -1.21. The van der Waals surface area contributed by atoms with Crippen molar-refractivity contribution in [2.75, 3.05) is 11.9 Å². The topological polar surface area (TPSA) is 92.8 Å². The summed E-state index contributed by atoms with van der Waals surface area (Å²) in [5.74, 6) is -2.45. The fraction of sp³-hybridized carbons (Fsp3) is 0.185. The largest absolute Gasteiger partial charge is 0.454 e. The monoisotopic (exact) mass is 456 g/mol. The van der Waals surface area contributed by atoms with Crippen LogP contribution in [0.25, 0.3) is 0 Å². The van der Waals surface area contributed by atoms with Gasteiger partial charge >= 0.3 is 5.97 Å². The average Bonchev–Trinajstić information content (AvgIpc) is 3.09. The summed E-state index contributed by atoms with van der Waals surface area (Å²) in [7, 11) is 0. The number of hydrogen-bond acceptors (Lipinski definition) is 5. The number of amides is 3. The average molecular weight is 456 g/mol. The number of nitrogens with one attached hydrogen (secondary N) is 1. The van der Waals surface area contributed by atoms with E-state index < -0.39 is 36.3 Å². The molecule has 0 aliphatic carbocycles. The molecule has 4 rings (SSSR count). The second-order valence-corrected chi connectivity index (χ2v) is 8.21. The van der Waals surface area contributed by atoms with Gasteiger partial charge in [0.15, 0.2) is 6.61 Å². The Morgan fingerprint density at radius 1 is 0.882 bits per heavy atom. The summed E-state index contributed by atoms with van der Waals surface area (Å²) in [6, 6.07) is 19.9. The number of aryl methyl sites for hydroxylation is 2. The molecule has 34 heavy (non-hydrogen) atoms. The zero-order valence-electron chi connectivity index (χ0n) is 18.9. The highest BCUT2D eigenvalue weighted by atomic mass is 16.5. The van der Waals surface area contributed by atoms with Crippen molar-refractivity contribution in [3.8, 4) is 0 Å². The number of hydrogen-bond donors (Lipinski definition) is 1. The second kappa shape index (κ2) is 9.70.